The number of halogens is 3. The van der Waals surface area contributed by atoms with Gasteiger partial charge in [0.05, 0.1) is 25.3 Å². The minimum atomic E-state index is -4.44. The van der Waals surface area contributed by atoms with Crippen LogP contribution in [0.5, 0.6) is 11.6 Å². The van der Waals surface area contributed by atoms with Gasteiger partial charge in [0.2, 0.25) is 5.88 Å². The van der Waals surface area contributed by atoms with Crippen molar-refractivity contribution in [3.05, 3.63) is 82.7 Å². The van der Waals surface area contributed by atoms with Gasteiger partial charge < -0.3 is 19.8 Å². The third kappa shape index (κ3) is 4.88. The molecule has 0 saturated carbocycles. The SMILES string of the molecule is COc1cc(NC(=O)C(=O)c2c(C)[nH]c3ccc(OC)c(Cc4ccc(C(F)(F)F)cc4)c23)ccn1. The van der Waals surface area contributed by atoms with Crippen LogP contribution in [0.3, 0.4) is 0 Å². The predicted octanol–water partition coefficient (Wildman–Crippen LogP) is 5.32. The standard InChI is InChI=1S/C26H22F3N3O4/c1-14-22(24(33)25(34)32-17-10-11-30-21(13-17)36-3)23-18(20(35-2)9-8-19(23)31-14)12-15-4-6-16(7-5-15)26(27,28)29/h4-11,13,31H,12H2,1-3H3,(H,30,32,34). The number of hydrogen-bond acceptors (Lipinski definition) is 5. The van der Waals surface area contributed by atoms with Gasteiger partial charge in [0, 0.05) is 46.5 Å². The Balaban J connectivity index is 1.74. The number of Topliss-reactive ketones (excluding diaryl/α,β-unsaturated/α-hetero) is 1. The third-order valence-corrected chi connectivity index (χ3v) is 5.73. The summed E-state index contributed by atoms with van der Waals surface area (Å²) in [5, 5.41) is 3.03. The van der Waals surface area contributed by atoms with E-state index in [-0.39, 0.29) is 17.9 Å². The van der Waals surface area contributed by atoms with Crippen LogP contribution in [-0.2, 0) is 17.4 Å². The number of pyridine rings is 1. The van der Waals surface area contributed by atoms with Gasteiger partial charge in [-0.25, -0.2) is 4.98 Å². The number of aromatic nitrogens is 2. The number of nitrogens with zero attached hydrogens (tertiary/aromatic N) is 1. The molecule has 2 aromatic heterocycles. The number of benzene rings is 2. The molecule has 0 fully saturated rings. The summed E-state index contributed by atoms with van der Waals surface area (Å²) in [5.41, 5.74) is 1.95. The van der Waals surface area contributed by atoms with E-state index in [0.717, 1.165) is 12.1 Å². The molecule has 0 bridgehead atoms. The van der Waals surface area contributed by atoms with Crippen LogP contribution in [-0.4, -0.2) is 35.9 Å². The number of hydrogen-bond donors (Lipinski definition) is 2. The van der Waals surface area contributed by atoms with Crippen molar-refractivity contribution in [2.24, 2.45) is 0 Å². The summed E-state index contributed by atoms with van der Waals surface area (Å²) >= 11 is 0. The fraction of sp³-hybridized carbons (Fsp3) is 0.192. The number of fused-ring (bicyclic) bond motifs is 1. The Morgan fingerprint density at radius 3 is 2.39 bits per heavy atom. The molecule has 2 N–H and O–H groups in total. The molecular formula is C26H22F3N3O4. The second-order valence-electron chi connectivity index (χ2n) is 8.04. The monoisotopic (exact) mass is 497 g/mol. The second kappa shape index (κ2) is 9.73. The lowest BCUT2D eigenvalue weighted by atomic mass is 9.95. The first-order chi connectivity index (χ1) is 17.1. The van der Waals surface area contributed by atoms with Gasteiger partial charge in [-0.3, -0.25) is 9.59 Å². The molecule has 0 saturated heterocycles. The largest absolute Gasteiger partial charge is 0.496 e. The van der Waals surface area contributed by atoms with Crippen molar-refractivity contribution in [1.82, 2.24) is 9.97 Å². The number of aryl methyl sites for hydroxylation is 1. The van der Waals surface area contributed by atoms with Gasteiger partial charge in [-0.2, -0.15) is 13.2 Å². The molecule has 0 aliphatic rings. The molecule has 0 aliphatic heterocycles. The third-order valence-electron chi connectivity index (χ3n) is 5.73. The van der Waals surface area contributed by atoms with Crippen LogP contribution in [0.25, 0.3) is 10.9 Å². The number of rotatable bonds is 7. The Bertz CT molecular complexity index is 1440. The number of amides is 1. The molecule has 4 aromatic rings. The van der Waals surface area contributed by atoms with E-state index >= 15 is 0 Å². The summed E-state index contributed by atoms with van der Waals surface area (Å²) in [6, 6.07) is 11.2. The van der Waals surface area contributed by atoms with Gasteiger partial charge >= 0.3 is 6.18 Å². The van der Waals surface area contributed by atoms with Gasteiger partial charge in [0.15, 0.2) is 0 Å². The summed E-state index contributed by atoms with van der Waals surface area (Å²) in [4.78, 5) is 33.3. The van der Waals surface area contributed by atoms with Gasteiger partial charge in [-0.05, 0) is 42.8 Å². The normalized spacial score (nSPS) is 11.4. The maximum atomic E-state index is 13.3. The van der Waals surface area contributed by atoms with Crippen LogP contribution in [0.2, 0.25) is 0 Å². The van der Waals surface area contributed by atoms with Crippen molar-refractivity contribution in [2.75, 3.05) is 19.5 Å². The minimum absolute atomic E-state index is 0.157. The number of aromatic amines is 1. The van der Waals surface area contributed by atoms with Crippen molar-refractivity contribution in [1.29, 1.82) is 0 Å². The maximum absolute atomic E-state index is 13.3. The first-order valence-electron chi connectivity index (χ1n) is 10.8. The molecule has 7 nitrogen and oxygen atoms in total. The molecule has 0 atom stereocenters. The lowest BCUT2D eigenvalue weighted by Gasteiger charge is -2.13. The van der Waals surface area contributed by atoms with Crippen LogP contribution in [0.4, 0.5) is 18.9 Å². The summed E-state index contributed by atoms with van der Waals surface area (Å²) in [6.07, 6.45) is -2.83. The number of carbonyl (C=O) groups excluding carboxylic acids is 2. The number of carbonyl (C=O) groups is 2. The molecule has 36 heavy (non-hydrogen) atoms. The lowest BCUT2D eigenvalue weighted by molar-refractivity contribution is -0.137. The Morgan fingerprint density at radius 2 is 1.75 bits per heavy atom. The van der Waals surface area contributed by atoms with E-state index < -0.39 is 23.4 Å². The van der Waals surface area contributed by atoms with Crippen LogP contribution in [0.15, 0.2) is 54.7 Å². The van der Waals surface area contributed by atoms with E-state index in [1.807, 2.05) is 0 Å². The highest BCUT2D eigenvalue weighted by Crippen LogP contribution is 2.35. The highest BCUT2D eigenvalue weighted by Gasteiger charge is 2.30. The average molecular weight is 497 g/mol. The van der Waals surface area contributed by atoms with Crippen LogP contribution in [0.1, 0.15) is 32.7 Å². The Labute approximate surface area is 204 Å². The van der Waals surface area contributed by atoms with Crippen molar-refractivity contribution in [2.45, 2.75) is 19.5 Å². The number of alkyl halides is 3. The van der Waals surface area contributed by atoms with E-state index in [1.54, 1.807) is 19.1 Å². The van der Waals surface area contributed by atoms with E-state index in [4.69, 9.17) is 9.47 Å². The summed E-state index contributed by atoms with van der Waals surface area (Å²) in [5.74, 6) is -0.936. The van der Waals surface area contributed by atoms with Crippen molar-refractivity contribution in [3.8, 4) is 11.6 Å². The Hall–Kier alpha value is -4.34. The maximum Gasteiger partial charge on any atom is 0.416 e. The molecular weight excluding hydrogens is 475 g/mol. The molecule has 0 unspecified atom stereocenters. The lowest BCUT2D eigenvalue weighted by Crippen LogP contribution is -2.23. The number of ketones is 1. The zero-order chi connectivity index (χ0) is 26.0. The molecule has 10 heteroatoms. The molecule has 2 heterocycles. The van der Waals surface area contributed by atoms with Crippen molar-refractivity contribution in [3.63, 3.8) is 0 Å². The number of methoxy groups -OCH3 is 2. The number of anilines is 1. The zero-order valence-corrected chi connectivity index (χ0v) is 19.6. The van der Waals surface area contributed by atoms with Gasteiger partial charge in [-0.15, -0.1) is 0 Å². The van der Waals surface area contributed by atoms with E-state index in [1.165, 1.54) is 44.7 Å². The van der Waals surface area contributed by atoms with E-state index in [9.17, 15) is 22.8 Å². The van der Waals surface area contributed by atoms with Crippen LogP contribution in [0, 0.1) is 6.92 Å². The van der Waals surface area contributed by atoms with E-state index in [2.05, 4.69) is 15.3 Å². The topological polar surface area (TPSA) is 93.3 Å². The molecule has 0 spiro atoms. The fourth-order valence-electron chi connectivity index (χ4n) is 4.04. The van der Waals surface area contributed by atoms with Gasteiger partial charge in [0.25, 0.3) is 11.7 Å². The Kier molecular flexibility index (Phi) is 6.69. The first-order valence-corrected chi connectivity index (χ1v) is 10.8. The van der Waals surface area contributed by atoms with E-state index in [0.29, 0.717) is 39.2 Å². The van der Waals surface area contributed by atoms with Crippen LogP contribution < -0.4 is 14.8 Å². The molecule has 186 valence electrons. The quantitative estimate of drug-likeness (QED) is 0.266. The summed E-state index contributed by atoms with van der Waals surface area (Å²) in [6.45, 7) is 1.67. The van der Waals surface area contributed by atoms with Crippen molar-refractivity contribution >= 4 is 28.3 Å². The van der Waals surface area contributed by atoms with Gasteiger partial charge in [-0.1, -0.05) is 12.1 Å². The highest BCUT2D eigenvalue weighted by atomic mass is 19.4. The van der Waals surface area contributed by atoms with Crippen molar-refractivity contribution < 1.29 is 32.2 Å². The molecule has 1 amide bonds. The molecule has 4 rings (SSSR count). The van der Waals surface area contributed by atoms with Crippen LogP contribution >= 0.6 is 0 Å². The predicted molar refractivity (Wildman–Crippen MR) is 128 cm³/mol. The molecule has 0 aliphatic carbocycles. The number of nitrogens with one attached hydrogen (secondary N) is 2. The van der Waals surface area contributed by atoms with Gasteiger partial charge in [0.1, 0.15) is 5.75 Å². The summed E-state index contributed by atoms with van der Waals surface area (Å²) < 4.78 is 49.5. The Morgan fingerprint density at radius 1 is 1.03 bits per heavy atom. The summed E-state index contributed by atoms with van der Waals surface area (Å²) in [7, 11) is 2.89. The average Bonchev–Trinajstić information content (AvgIpc) is 3.19. The molecule has 2 aromatic carbocycles. The first kappa shape index (κ1) is 24.8. The minimum Gasteiger partial charge on any atom is -0.496 e. The second-order valence-corrected chi connectivity index (χ2v) is 8.04. The zero-order valence-electron chi connectivity index (χ0n) is 19.6. The smallest absolute Gasteiger partial charge is 0.416 e. The molecule has 0 radical (unpaired) electrons. The fourth-order valence-corrected chi connectivity index (χ4v) is 4.04. The number of ether oxygens (including phenoxy) is 2. The number of H-pyrrole nitrogens is 1. The highest BCUT2D eigenvalue weighted by molar-refractivity contribution is 6.48.